The van der Waals surface area contributed by atoms with Gasteiger partial charge in [-0.15, -0.1) is 0 Å². The molecule has 3 N–H and O–H groups in total. The number of benzene rings is 1. The van der Waals surface area contributed by atoms with Gasteiger partial charge in [0.25, 0.3) is 5.91 Å². The SMILES string of the molecule is CCCC(O)CNC(=O)c1cc(NC(=O)CC(C)C)ccc1Cl. The number of rotatable bonds is 8. The lowest BCUT2D eigenvalue weighted by atomic mass is 10.1. The van der Waals surface area contributed by atoms with Gasteiger partial charge in [0.05, 0.1) is 16.7 Å². The molecule has 0 heterocycles. The van der Waals surface area contributed by atoms with Crippen LogP contribution in [0.5, 0.6) is 0 Å². The molecule has 0 fully saturated rings. The second-order valence-corrected chi connectivity index (χ2v) is 6.40. The van der Waals surface area contributed by atoms with E-state index in [1.54, 1.807) is 18.2 Å². The summed E-state index contributed by atoms with van der Waals surface area (Å²) in [4.78, 5) is 24.0. The average Bonchev–Trinajstić information content (AvgIpc) is 2.46. The van der Waals surface area contributed by atoms with E-state index in [9.17, 15) is 14.7 Å². The smallest absolute Gasteiger partial charge is 0.252 e. The summed E-state index contributed by atoms with van der Waals surface area (Å²) in [6.45, 7) is 6.06. The van der Waals surface area contributed by atoms with Crippen LogP contribution in [0.25, 0.3) is 0 Å². The average molecular weight is 341 g/mol. The molecule has 0 aliphatic carbocycles. The summed E-state index contributed by atoms with van der Waals surface area (Å²) in [5.41, 5.74) is 0.803. The Hall–Kier alpha value is -1.59. The Morgan fingerprint density at radius 3 is 2.61 bits per heavy atom. The molecule has 6 heteroatoms. The lowest BCUT2D eigenvalue weighted by Crippen LogP contribution is -2.32. The van der Waals surface area contributed by atoms with E-state index in [4.69, 9.17) is 11.6 Å². The molecular formula is C17H25ClN2O3. The summed E-state index contributed by atoms with van der Waals surface area (Å²) >= 11 is 6.05. The van der Waals surface area contributed by atoms with Gasteiger partial charge in [-0.1, -0.05) is 38.8 Å². The summed E-state index contributed by atoms with van der Waals surface area (Å²) in [6.07, 6.45) is 1.30. The highest BCUT2D eigenvalue weighted by molar-refractivity contribution is 6.34. The number of carbonyl (C=O) groups is 2. The van der Waals surface area contributed by atoms with Gasteiger partial charge in [-0.2, -0.15) is 0 Å². The highest BCUT2D eigenvalue weighted by atomic mass is 35.5. The summed E-state index contributed by atoms with van der Waals surface area (Å²) in [7, 11) is 0. The first-order valence-electron chi connectivity index (χ1n) is 7.89. The quantitative estimate of drug-likeness (QED) is 0.680. The number of aliphatic hydroxyl groups is 1. The maximum Gasteiger partial charge on any atom is 0.252 e. The Morgan fingerprint density at radius 2 is 2.00 bits per heavy atom. The maximum atomic E-state index is 12.2. The second-order valence-electron chi connectivity index (χ2n) is 5.99. The molecule has 0 saturated carbocycles. The third-order valence-electron chi connectivity index (χ3n) is 3.21. The Labute approximate surface area is 142 Å². The van der Waals surface area contributed by atoms with Crippen LogP contribution < -0.4 is 10.6 Å². The van der Waals surface area contributed by atoms with Crippen LogP contribution in [0, 0.1) is 5.92 Å². The van der Waals surface area contributed by atoms with E-state index in [0.29, 0.717) is 23.6 Å². The molecule has 0 aliphatic rings. The predicted octanol–water partition coefficient (Wildman–Crippen LogP) is 3.22. The summed E-state index contributed by atoms with van der Waals surface area (Å²) < 4.78 is 0. The molecule has 1 unspecified atom stereocenters. The van der Waals surface area contributed by atoms with Gasteiger partial charge < -0.3 is 15.7 Å². The monoisotopic (exact) mass is 340 g/mol. The summed E-state index contributed by atoms with van der Waals surface area (Å²) in [6, 6.07) is 4.77. The van der Waals surface area contributed by atoms with Crippen LogP contribution in [0.3, 0.4) is 0 Å². The number of hydrogen-bond acceptors (Lipinski definition) is 3. The van der Waals surface area contributed by atoms with E-state index in [2.05, 4.69) is 10.6 Å². The number of carbonyl (C=O) groups excluding carboxylic acids is 2. The van der Waals surface area contributed by atoms with E-state index >= 15 is 0 Å². The van der Waals surface area contributed by atoms with Crippen molar-refractivity contribution in [3.8, 4) is 0 Å². The van der Waals surface area contributed by atoms with Crippen LogP contribution in [-0.2, 0) is 4.79 Å². The Bertz CT molecular complexity index is 547. The van der Waals surface area contributed by atoms with Crippen molar-refractivity contribution < 1.29 is 14.7 Å². The van der Waals surface area contributed by atoms with Gasteiger partial charge in [0, 0.05) is 18.7 Å². The van der Waals surface area contributed by atoms with Gasteiger partial charge in [0.1, 0.15) is 0 Å². The molecule has 0 bridgehead atoms. The highest BCUT2D eigenvalue weighted by Crippen LogP contribution is 2.21. The normalized spacial score (nSPS) is 12.1. The first kappa shape index (κ1) is 19.5. The lowest BCUT2D eigenvalue weighted by molar-refractivity contribution is -0.116. The van der Waals surface area contributed by atoms with Crippen molar-refractivity contribution in [1.82, 2.24) is 5.32 Å². The molecule has 0 spiro atoms. The molecule has 23 heavy (non-hydrogen) atoms. The van der Waals surface area contributed by atoms with Crippen molar-refractivity contribution in [2.45, 2.75) is 46.1 Å². The number of nitrogens with one attached hydrogen (secondary N) is 2. The molecule has 0 radical (unpaired) electrons. The van der Waals surface area contributed by atoms with Crippen molar-refractivity contribution in [2.24, 2.45) is 5.92 Å². The fraction of sp³-hybridized carbons (Fsp3) is 0.529. The molecule has 1 rings (SSSR count). The standard InChI is InChI=1S/C17H25ClN2O3/c1-4-5-13(21)10-19-17(23)14-9-12(6-7-15(14)18)20-16(22)8-11(2)3/h6-7,9,11,13,21H,4-5,8,10H2,1-3H3,(H,19,23)(H,20,22). The minimum absolute atomic E-state index is 0.105. The molecular weight excluding hydrogens is 316 g/mol. The number of halogens is 1. The first-order chi connectivity index (χ1) is 10.8. The molecule has 128 valence electrons. The predicted molar refractivity (Wildman–Crippen MR) is 92.8 cm³/mol. The van der Waals surface area contributed by atoms with Gasteiger partial charge in [0.15, 0.2) is 0 Å². The van der Waals surface area contributed by atoms with E-state index < -0.39 is 6.10 Å². The Kier molecular flexibility index (Phi) is 8.06. The number of aliphatic hydroxyl groups excluding tert-OH is 1. The lowest BCUT2D eigenvalue weighted by Gasteiger charge is -2.13. The van der Waals surface area contributed by atoms with Gasteiger partial charge in [0.2, 0.25) is 5.91 Å². The first-order valence-corrected chi connectivity index (χ1v) is 8.27. The number of hydrogen-bond donors (Lipinski definition) is 3. The largest absolute Gasteiger partial charge is 0.391 e. The highest BCUT2D eigenvalue weighted by Gasteiger charge is 2.14. The topological polar surface area (TPSA) is 78.4 Å². The van der Waals surface area contributed by atoms with Crippen LogP contribution in [0.15, 0.2) is 18.2 Å². The van der Waals surface area contributed by atoms with Crippen molar-refractivity contribution in [2.75, 3.05) is 11.9 Å². The molecule has 0 aromatic heterocycles. The van der Waals surface area contributed by atoms with Crippen molar-refractivity contribution in [3.63, 3.8) is 0 Å². The zero-order valence-corrected chi connectivity index (χ0v) is 14.6. The Balaban J connectivity index is 2.72. The molecule has 0 saturated heterocycles. The molecule has 1 aromatic carbocycles. The van der Waals surface area contributed by atoms with Crippen LogP contribution >= 0.6 is 11.6 Å². The van der Waals surface area contributed by atoms with Crippen molar-refractivity contribution >= 4 is 29.1 Å². The van der Waals surface area contributed by atoms with Crippen molar-refractivity contribution in [1.29, 1.82) is 0 Å². The molecule has 5 nitrogen and oxygen atoms in total. The molecule has 1 aromatic rings. The van der Waals surface area contributed by atoms with E-state index in [0.717, 1.165) is 6.42 Å². The van der Waals surface area contributed by atoms with E-state index in [-0.39, 0.29) is 29.8 Å². The van der Waals surface area contributed by atoms with Gasteiger partial charge >= 0.3 is 0 Å². The number of anilines is 1. The van der Waals surface area contributed by atoms with Gasteiger partial charge in [-0.3, -0.25) is 9.59 Å². The van der Waals surface area contributed by atoms with Crippen LogP contribution in [-0.4, -0.2) is 29.6 Å². The van der Waals surface area contributed by atoms with E-state index in [1.165, 1.54) is 0 Å². The van der Waals surface area contributed by atoms with Crippen LogP contribution in [0.4, 0.5) is 5.69 Å². The molecule has 1 atom stereocenters. The zero-order chi connectivity index (χ0) is 17.4. The van der Waals surface area contributed by atoms with Crippen LogP contribution in [0.2, 0.25) is 5.02 Å². The van der Waals surface area contributed by atoms with Gasteiger partial charge in [-0.25, -0.2) is 0 Å². The third kappa shape index (κ3) is 7.01. The van der Waals surface area contributed by atoms with Crippen molar-refractivity contribution in [3.05, 3.63) is 28.8 Å². The number of amides is 2. The molecule has 0 aliphatic heterocycles. The Morgan fingerprint density at radius 1 is 1.30 bits per heavy atom. The fourth-order valence-corrected chi connectivity index (χ4v) is 2.30. The maximum absolute atomic E-state index is 12.2. The summed E-state index contributed by atoms with van der Waals surface area (Å²) in [5.74, 6) is -0.220. The minimum atomic E-state index is -0.573. The van der Waals surface area contributed by atoms with E-state index in [1.807, 2.05) is 20.8 Å². The fourth-order valence-electron chi connectivity index (χ4n) is 2.10. The third-order valence-corrected chi connectivity index (χ3v) is 3.54. The summed E-state index contributed by atoms with van der Waals surface area (Å²) in [5, 5.41) is 15.4. The van der Waals surface area contributed by atoms with Crippen LogP contribution in [0.1, 0.15) is 50.4 Å². The minimum Gasteiger partial charge on any atom is -0.391 e. The molecule has 2 amide bonds. The van der Waals surface area contributed by atoms with Gasteiger partial charge in [-0.05, 0) is 30.5 Å². The zero-order valence-electron chi connectivity index (χ0n) is 13.9. The second kappa shape index (κ2) is 9.53.